The normalized spacial score (nSPS) is 12.2. The van der Waals surface area contributed by atoms with Crippen LogP contribution in [0.1, 0.15) is 18.1 Å². The molecule has 0 unspecified atom stereocenters. The Morgan fingerprint density at radius 2 is 1.18 bits per heavy atom. The summed E-state index contributed by atoms with van der Waals surface area (Å²) in [6.07, 6.45) is 0. The van der Waals surface area contributed by atoms with Gasteiger partial charge >= 0.3 is 0 Å². The van der Waals surface area contributed by atoms with Gasteiger partial charge in [-0.05, 0) is 42.3 Å². The molecule has 0 bridgehead atoms. The highest BCUT2D eigenvalue weighted by Gasteiger charge is 2.35. The van der Waals surface area contributed by atoms with Crippen LogP contribution in [0.2, 0.25) is 0 Å². The van der Waals surface area contributed by atoms with Gasteiger partial charge in [-0.2, -0.15) is 0 Å². The molecule has 2 aromatic carbocycles. The largest absolute Gasteiger partial charge is 0.497 e. The molecule has 0 aliphatic rings. The molecule has 2 aromatic rings. The summed E-state index contributed by atoms with van der Waals surface area (Å²) < 4.78 is 10.3. The first kappa shape index (κ1) is 18.3. The van der Waals surface area contributed by atoms with Gasteiger partial charge in [0.1, 0.15) is 17.1 Å². The van der Waals surface area contributed by atoms with Gasteiger partial charge in [0.15, 0.2) is 0 Å². The van der Waals surface area contributed by atoms with Crippen molar-refractivity contribution in [1.82, 2.24) is 0 Å². The van der Waals surface area contributed by atoms with Crippen LogP contribution < -0.4 is 15.2 Å². The minimum Gasteiger partial charge on any atom is -0.497 e. The summed E-state index contributed by atoms with van der Waals surface area (Å²) >= 11 is 0. The van der Waals surface area contributed by atoms with E-state index in [0.717, 1.165) is 22.6 Å². The average molecular weight is 324 g/mol. The number of benzene rings is 2. The maximum absolute atomic E-state index is 11.2. The lowest BCUT2D eigenvalue weighted by Crippen LogP contribution is -2.44. The molecule has 0 saturated carbocycles. The van der Waals surface area contributed by atoms with Gasteiger partial charge in [0, 0.05) is 6.04 Å². The van der Waals surface area contributed by atoms with E-state index in [0.29, 0.717) is 0 Å². The van der Waals surface area contributed by atoms with Gasteiger partial charge in [-0.25, -0.2) is 0 Å². The van der Waals surface area contributed by atoms with E-state index in [2.05, 4.69) is 0 Å². The number of ether oxygens (including phenoxy) is 2. The van der Waals surface area contributed by atoms with E-state index < -0.39 is 11.6 Å². The molecule has 0 fully saturated rings. The van der Waals surface area contributed by atoms with Gasteiger partial charge in [0.2, 0.25) is 0 Å². The molecule has 4 nitrogen and oxygen atoms in total. The molecule has 22 heavy (non-hydrogen) atoms. The minimum absolute atomic E-state index is 0. The number of hydrogen-bond acceptors (Lipinski definition) is 4. The standard InChI is InChI=1S/C17H21NO3.ClH/c1-12(18)17(19,13-4-8-15(20-2)9-5-13)14-6-10-16(21-3)11-7-14;/h4-12,19H,18H2,1-3H3;1H/t12-;/m0./s1. The predicted octanol–water partition coefficient (Wildman–Crippen LogP) is 2.71. The summed E-state index contributed by atoms with van der Waals surface area (Å²) in [5, 5.41) is 11.2. The van der Waals surface area contributed by atoms with Crippen molar-refractivity contribution in [2.24, 2.45) is 5.73 Å². The highest BCUT2D eigenvalue weighted by molar-refractivity contribution is 5.85. The number of nitrogens with two attached hydrogens (primary N) is 1. The Labute approximate surface area is 137 Å². The fourth-order valence-corrected chi connectivity index (χ4v) is 2.38. The van der Waals surface area contributed by atoms with Crippen molar-refractivity contribution in [1.29, 1.82) is 0 Å². The third-order valence-corrected chi connectivity index (χ3v) is 3.72. The molecular formula is C17H22ClNO3. The van der Waals surface area contributed by atoms with E-state index in [9.17, 15) is 5.11 Å². The second-order valence-electron chi connectivity index (χ2n) is 5.01. The highest BCUT2D eigenvalue weighted by Crippen LogP contribution is 2.34. The monoisotopic (exact) mass is 323 g/mol. The summed E-state index contributed by atoms with van der Waals surface area (Å²) in [5.41, 5.74) is 6.25. The predicted molar refractivity (Wildman–Crippen MR) is 89.9 cm³/mol. The van der Waals surface area contributed by atoms with Crippen LogP contribution in [0.5, 0.6) is 11.5 Å². The lowest BCUT2D eigenvalue weighted by Gasteiger charge is -2.33. The lowest BCUT2D eigenvalue weighted by molar-refractivity contribution is 0.0578. The van der Waals surface area contributed by atoms with Crippen LogP contribution in [-0.4, -0.2) is 25.4 Å². The fourth-order valence-electron chi connectivity index (χ4n) is 2.38. The van der Waals surface area contributed by atoms with E-state index in [-0.39, 0.29) is 12.4 Å². The molecule has 3 N–H and O–H groups in total. The summed E-state index contributed by atoms with van der Waals surface area (Å²) in [6, 6.07) is 14.1. The van der Waals surface area contributed by atoms with Gasteiger partial charge < -0.3 is 20.3 Å². The molecule has 0 radical (unpaired) electrons. The molecule has 120 valence electrons. The number of rotatable bonds is 5. The zero-order valence-corrected chi connectivity index (χ0v) is 13.8. The molecule has 5 heteroatoms. The fraction of sp³-hybridized carbons (Fsp3) is 0.294. The first-order valence-electron chi connectivity index (χ1n) is 6.79. The molecule has 0 aliphatic heterocycles. The summed E-state index contributed by atoms with van der Waals surface area (Å²) in [7, 11) is 3.21. The zero-order chi connectivity index (χ0) is 15.5. The van der Waals surface area contributed by atoms with E-state index in [1.807, 2.05) is 48.5 Å². The number of halogens is 1. The van der Waals surface area contributed by atoms with E-state index >= 15 is 0 Å². The average Bonchev–Trinajstić information content (AvgIpc) is 2.54. The van der Waals surface area contributed by atoms with Crippen LogP contribution >= 0.6 is 12.4 Å². The van der Waals surface area contributed by atoms with Crippen LogP contribution in [0.4, 0.5) is 0 Å². The number of methoxy groups -OCH3 is 2. The zero-order valence-electron chi connectivity index (χ0n) is 12.9. The number of aliphatic hydroxyl groups is 1. The van der Waals surface area contributed by atoms with Crippen molar-refractivity contribution in [3.63, 3.8) is 0 Å². The van der Waals surface area contributed by atoms with Crippen molar-refractivity contribution in [2.45, 2.75) is 18.6 Å². The van der Waals surface area contributed by atoms with Crippen LogP contribution in [0.15, 0.2) is 48.5 Å². The molecule has 0 aromatic heterocycles. The van der Waals surface area contributed by atoms with Crippen molar-refractivity contribution < 1.29 is 14.6 Å². The van der Waals surface area contributed by atoms with E-state index in [1.54, 1.807) is 21.1 Å². The Bertz CT molecular complexity index is 534. The maximum atomic E-state index is 11.2. The Morgan fingerprint density at radius 1 is 0.864 bits per heavy atom. The van der Waals surface area contributed by atoms with Gasteiger partial charge in [-0.3, -0.25) is 0 Å². The Morgan fingerprint density at radius 3 is 1.41 bits per heavy atom. The lowest BCUT2D eigenvalue weighted by atomic mass is 9.81. The first-order chi connectivity index (χ1) is 10.0. The molecule has 0 saturated heterocycles. The van der Waals surface area contributed by atoms with Crippen molar-refractivity contribution in [3.8, 4) is 11.5 Å². The molecule has 0 aliphatic carbocycles. The molecular weight excluding hydrogens is 302 g/mol. The van der Waals surface area contributed by atoms with Crippen molar-refractivity contribution >= 4 is 12.4 Å². The third kappa shape index (κ3) is 3.35. The second-order valence-corrected chi connectivity index (χ2v) is 5.01. The Balaban J connectivity index is 0.00000242. The van der Waals surface area contributed by atoms with Crippen molar-refractivity contribution in [2.75, 3.05) is 14.2 Å². The van der Waals surface area contributed by atoms with E-state index in [4.69, 9.17) is 15.2 Å². The van der Waals surface area contributed by atoms with Crippen molar-refractivity contribution in [3.05, 3.63) is 59.7 Å². The van der Waals surface area contributed by atoms with Gasteiger partial charge in [0.25, 0.3) is 0 Å². The Kier molecular flexibility index (Phi) is 6.23. The Hall–Kier alpha value is -1.75. The summed E-state index contributed by atoms with van der Waals surface area (Å²) in [4.78, 5) is 0. The molecule has 0 spiro atoms. The first-order valence-corrected chi connectivity index (χ1v) is 6.79. The van der Waals surface area contributed by atoms with Crippen LogP contribution in [-0.2, 0) is 5.60 Å². The SMILES string of the molecule is COc1ccc(C(O)(c2ccc(OC)cc2)[C@H](C)N)cc1.Cl. The maximum Gasteiger partial charge on any atom is 0.129 e. The number of hydrogen-bond donors (Lipinski definition) is 2. The molecule has 2 rings (SSSR count). The summed E-state index contributed by atoms with van der Waals surface area (Å²) in [5.74, 6) is 1.47. The summed E-state index contributed by atoms with van der Waals surface area (Å²) in [6.45, 7) is 1.79. The highest BCUT2D eigenvalue weighted by atomic mass is 35.5. The molecule has 1 atom stereocenters. The minimum atomic E-state index is -1.27. The quantitative estimate of drug-likeness (QED) is 0.888. The molecule has 0 amide bonds. The van der Waals surface area contributed by atoms with E-state index in [1.165, 1.54) is 0 Å². The smallest absolute Gasteiger partial charge is 0.129 e. The third-order valence-electron chi connectivity index (χ3n) is 3.72. The van der Waals surface area contributed by atoms with Crippen LogP contribution in [0.25, 0.3) is 0 Å². The van der Waals surface area contributed by atoms with Crippen LogP contribution in [0, 0.1) is 0 Å². The van der Waals surface area contributed by atoms with Crippen LogP contribution in [0.3, 0.4) is 0 Å². The topological polar surface area (TPSA) is 64.7 Å². The van der Waals surface area contributed by atoms with Gasteiger partial charge in [0.05, 0.1) is 14.2 Å². The second kappa shape index (κ2) is 7.49. The van der Waals surface area contributed by atoms with Gasteiger partial charge in [-0.15, -0.1) is 12.4 Å². The molecule has 0 heterocycles. The van der Waals surface area contributed by atoms with Gasteiger partial charge in [-0.1, -0.05) is 24.3 Å².